The van der Waals surface area contributed by atoms with E-state index in [9.17, 15) is 0 Å². The summed E-state index contributed by atoms with van der Waals surface area (Å²) in [6.45, 7) is 8.26. The van der Waals surface area contributed by atoms with Gasteiger partial charge in [0.1, 0.15) is 16.7 Å². The summed E-state index contributed by atoms with van der Waals surface area (Å²) in [4.78, 5) is 17.7. The molecule has 0 radical (unpaired) electrons. The molecule has 106 valence electrons. The summed E-state index contributed by atoms with van der Waals surface area (Å²) in [6.07, 6.45) is 3.61. The fourth-order valence-corrected chi connectivity index (χ4v) is 2.17. The molecule has 2 aromatic heterocycles. The molecule has 0 fully saturated rings. The van der Waals surface area contributed by atoms with Crippen molar-refractivity contribution < 1.29 is 0 Å². The molecule has 0 aromatic carbocycles. The van der Waals surface area contributed by atoms with Crippen LogP contribution in [0.25, 0.3) is 0 Å². The van der Waals surface area contributed by atoms with E-state index in [4.69, 9.17) is 0 Å². The highest BCUT2D eigenvalue weighted by atomic mass is 32.2. The van der Waals surface area contributed by atoms with Crippen LogP contribution in [-0.2, 0) is 5.41 Å². The predicted octanol–water partition coefficient (Wildman–Crippen LogP) is 3.07. The van der Waals surface area contributed by atoms with Gasteiger partial charge in [0.05, 0.1) is 0 Å². The first-order chi connectivity index (χ1) is 9.38. The lowest BCUT2D eigenvalue weighted by Gasteiger charge is -2.18. The van der Waals surface area contributed by atoms with Crippen LogP contribution in [0.15, 0.2) is 28.6 Å². The average molecular weight is 289 g/mol. The third-order valence-corrected chi connectivity index (χ3v) is 3.39. The standard InChI is InChI=1S/C14H19N5S/c1-9-7-16-13(17-8-9)20-11-6-10(15-5)18-12(19-11)14(2,3)4/h6-8H,1-5H3,(H,15,18,19). The Morgan fingerprint density at radius 3 is 2.30 bits per heavy atom. The monoisotopic (exact) mass is 289 g/mol. The lowest BCUT2D eigenvalue weighted by molar-refractivity contribution is 0.539. The van der Waals surface area contributed by atoms with Gasteiger partial charge < -0.3 is 5.32 Å². The molecule has 6 heteroatoms. The number of anilines is 1. The van der Waals surface area contributed by atoms with Gasteiger partial charge in [-0.2, -0.15) is 0 Å². The lowest BCUT2D eigenvalue weighted by Crippen LogP contribution is -2.17. The Morgan fingerprint density at radius 1 is 1.10 bits per heavy atom. The first-order valence-electron chi connectivity index (χ1n) is 6.42. The van der Waals surface area contributed by atoms with Gasteiger partial charge >= 0.3 is 0 Å². The van der Waals surface area contributed by atoms with Crippen LogP contribution in [0.1, 0.15) is 32.2 Å². The lowest BCUT2D eigenvalue weighted by atomic mass is 9.96. The third-order valence-electron chi connectivity index (χ3n) is 2.58. The van der Waals surface area contributed by atoms with Gasteiger partial charge in [0.2, 0.25) is 0 Å². The summed E-state index contributed by atoms with van der Waals surface area (Å²) in [5, 5.41) is 4.61. The molecule has 2 aromatic rings. The number of hydrogen-bond acceptors (Lipinski definition) is 6. The van der Waals surface area contributed by atoms with Crippen LogP contribution in [0.2, 0.25) is 0 Å². The summed E-state index contributed by atoms with van der Waals surface area (Å²) in [5.74, 6) is 1.61. The average Bonchev–Trinajstić information content (AvgIpc) is 2.40. The van der Waals surface area contributed by atoms with E-state index in [0.29, 0.717) is 5.16 Å². The van der Waals surface area contributed by atoms with E-state index in [1.54, 1.807) is 12.4 Å². The number of rotatable bonds is 3. The summed E-state index contributed by atoms with van der Waals surface area (Å²) >= 11 is 1.44. The fourth-order valence-electron chi connectivity index (χ4n) is 1.47. The number of nitrogens with one attached hydrogen (secondary N) is 1. The number of aryl methyl sites for hydroxylation is 1. The molecule has 1 N–H and O–H groups in total. The zero-order valence-electron chi connectivity index (χ0n) is 12.4. The van der Waals surface area contributed by atoms with Gasteiger partial charge in [0.25, 0.3) is 0 Å². The van der Waals surface area contributed by atoms with Crippen LogP contribution in [-0.4, -0.2) is 27.0 Å². The van der Waals surface area contributed by atoms with E-state index in [1.807, 2.05) is 20.0 Å². The van der Waals surface area contributed by atoms with E-state index in [0.717, 1.165) is 22.2 Å². The predicted molar refractivity (Wildman–Crippen MR) is 81.2 cm³/mol. The second-order valence-electron chi connectivity index (χ2n) is 5.56. The van der Waals surface area contributed by atoms with E-state index < -0.39 is 0 Å². The molecule has 0 aliphatic rings. The first-order valence-corrected chi connectivity index (χ1v) is 7.24. The van der Waals surface area contributed by atoms with E-state index in [-0.39, 0.29) is 5.41 Å². The summed E-state index contributed by atoms with van der Waals surface area (Å²) < 4.78 is 0. The molecule has 2 rings (SSSR count). The maximum atomic E-state index is 4.60. The minimum atomic E-state index is -0.101. The van der Waals surface area contributed by atoms with Crippen molar-refractivity contribution in [2.45, 2.75) is 43.3 Å². The summed E-state index contributed by atoms with van der Waals surface area (Å²) in [7, 11) is 1.85. The van der Waals surface area contributed by atoms with E-state index in [2.05, 4.69) is 46.0 Å². The minimum absolute atomic E-state index is 0.101. The van der Waals surface area contributed by atoms with Crippen LogP contribution in [0.5, 0.6) is 0 Å². The van der Waals surface area contributed by atoms with Gasteiger partial charge in [0, 0.05) is 30.9 Å². The molecular weight excluding hydrogens is 270 g/mol. The molecule has 0 unspecified atom stereocenters. The van der Waals surface area contributed by atoms with Crippen molar-refractivity contribution in [2.75, 3.05) is 12.4 Å². The van der Waals surface area contributed by atoms with Crippen molar-refractivity contribution in [2.24, 2.45) is 0 Å². The second-order valence-corrected chi connectivity index (χ2v) is 6.55. The first kappa shape index (κ1) is 14.7. The minimum Gasteiger partial charge on any atom is -0.373 e. The number of hydrogen-bond donors (Lipinski definition) is 1. The molecule has 0 atom stereocenters. The van der Waals surface area contributed by atoms with Crippen molar-refractivity contribution in [3.05, 3.63) is 29.8 Å². The van der Waals surface area contributed by atoms with Crippen LogP contribution in [0.3, 0.4) is 0 Å². The fraction of sp³-hybridized carbons (Fsp3) is 0.429. The van der Waals surface area contributed by atoms with E-state index in [1.165, 1.54) is 11.8 Å². The maximum Gasteiger partial charge on any atom is 0.193 e. The smallest absolute Gasteiger partial charge is 0.193 e. The molecule has 0 amide bonds. The van der Waals surface area contributed by atoms with Crippen LogP contribution >= 0.6 is 11.8 Å². The normalized spacial score (nSPS) is 11.4. The van der Waals surface area contributed by atoms with Crippen LogP contribution < -0.4 is 5.32 Å². The molecule has 0 aliphatic heterocycles. The maximum absolute atomic E-state index is 4.60. The number of aromatic nitrogens is 4. The largest absolute Gasteiger partial charge is 0.373 e. The Hall–Kier alpha value is -1.69. The molecule has 0 saturated heterocycles. The van der Waals surface area contributed by atoms with Gasteiger partial charge in [-0.15, -0.1) is 0 Å². The zero-order valence-corrected chi connectivity index (χ0v) is 13.2. The third kappa shape index (κ3) is 3.66. The number of nitrogens with zero attached hydrogens (tertiary/aromatic N) is 4. The van der Waals surface area contributed by atoms with Gasteiger partial charge in [-0.1, -0.05) is 20.8 Å². The van der Waals surface area contributed by atoms with Gasteiger partial charge in [-0.25, -0.2) is 19.9 Å². The van der Waals surface area contributed by atoms with Crippen molar-refractivity contribution in [1.82, 2.24) is 19.9 Å². The highest BCUT2D eigenvalue weighted by molar-refractivity contribution is 7.99. The van der Waals surface area contributed by atoms with E-state index >= 15 is 0 Å². The van der Waals surface area contributed by atoms with Crippen molar-refractivity contribution in [1.29, 1.82) is 0 Å². The van der Waals surface area contributed by atoms with Crippen molar-refractivity contribution >= 4 is 17.6 Å². The second kappa shape index (κ2) is 5.75. The molecule has 0 saturated carbocycles. The molecule has 0 aliphatic carbocycles. The highest BCUT2D eigenvalue weighted by Crippen LogP contribution is 2.27. The van der Waals surface area contributed by atoms with Crippen LogP contribution in [0.4, 0.5) is 5.82 Å². The molecule has 20 heavy (non-hydrogen) atoms. The molecule has 0 bridgehead atoms. The van der Waals surface area contributed by atoms with Gasteiger partial charge in [-0.05, 0) is 24.2 Å². The van der Waals surface area contributed by atoms with Crippen molar-refractivity contribution in [3.8, 4) is 0 Å². The summed E-state index contributed by atoms with van der Waals surface area (Å²) in [5.41, 5.74) is 0.944. The zero-order chi connectivity index (χ0) is 14.8. The SMILES string of the molecule is CNc1cc(Sc2ncc(C)cn2)nc(C(C)(C)C)n1. The quantitative estimate of drug-likeness (QED) is 0.692. The van der Waals surface area contributed by atoms with Gasteiger partial charge in [-0.3, -0.25) is 0 Å². The Morgan fingerprint density at radius 2 is 1.75 bits per heavy atom. The van der Waals surface area contributed by atoms with Crippen LogP contribution in [0, 0.1) is 6.92 Å². The Balaban J connectivity index is 2.33. The molecule has 5 nitrogen and oxygen atoms in total. The van der Waals surface area contributed by atoms with Gasteiger partial charge in [0.15, 0.2) is 5.16 Å². The highest BCUT2D eigenvalue weighted by Gasteiger charge is 2.19. The molecule has 2 heterocycles. The Kier molecular flexibility index (Phi) is 4.23. The summed E-state index contributed by atoms with van der Waals surface area (Å²) in [6, 6.07) is 1.91. The van der Waals surface area contributed by atoms with Crippen molar-refractivity contribution in [3.63, 3.8) is 0 Å². The molecule has 0 spiro atoms. The topological polar surface area (TPSA) is 63.6 Å². The molecular formula is C14H19N5S. The Bertz CT molecular complexity index is 590. The Labute approximate surface area is 123 Å².